The highest BCUT2D eigenvalue weighted by molar-refractivity contribution is 7.94. The van der Waals surface area contributed by atoms with Gasteiger partial charge < -0.3 is 15.4 Å². The van der Waals surface area contributed by atoms with Crippen LogP contribution in [-0.2, 0) is 19.6 Å². The number of hydrogen-bond acceptors (Lipinski definition) is 8. The van der Waals surface area contributed by atoms with Crippen molar-refractivity contribution >= 4 is 44.0 Å². The topological polar surface area (TPSA) is 139 Å². The van der Waals surface area contributed by atoms with Crippen LogP contribution in [-0.4, -0.2) is 49.7 Å². The molecule has 2 aromatic rings. The number of para-hydroxylation sites is 1. The normalized spacial score (nSPS) is 16.7. The van der Waals surface area contributed by atoms with Crippen molar-refractivity contribution in [1.82, 2.24) is 15.5 Å². The zero-order chi connectivity index (χ0) is 22.6. The van der Waals surface area contributed by atoms with Gasteiger partial charge in [-0.1, -0.05) is 44.2 Å². The number of nitrogens with zero attached hydrogens (tertiary/aromatic N) is 2. The second kappa shape index (κ2) is 9.28. The summed E-state index contributed by atoms with van der Waals surface area (Å²) in [6.07, 6.45) is 1.80. The van der Waals surface area contributed by atoms with Crippen molar-refractivity contribution in [3.8, 4) is 0 Å². The van der Waals surface area contributed by atoms with E-state index in [1.807, 2.05) is 0 Å². The minimum absolute atomic E-state index is 0.0315. The maximum Gasteiger partial charge on any atom is 0.291 e. The van der Waals surface area contributed by atoms with E-state index >= 15 is 0 Å². The van der Waals surface area contributed by atoms with Gasteiger partial charge in [-0.3, -0.25) is 14.3 Å². The lowest BCUT2D eigenvalue weighted by atomic mass is 9.96. The molecule has 2 amide bonds. The van der Waals surface area contributed by atoms with E-state index in [1.165, 1.54) is 12.1 Å². The second-order valence-electron chi connectivity index (χ2n) is 8.07. The fraction of sp³-hybridized carbons (Fsp3) is 0.474. The molecule has 0 bridgehead atoms. The van der Waals surface area contributed by atoms with E-state index in [2.05, 4.69) is 25.6 Å². The third-order valence-electron chi connectivity index (χ3n) is 4.47. The molecule has 0 aliphatic carbocycles. The van der Waals surface area contributed by atoms with Crippen LogP contribution in [0, 0.1) is 5.41 Å². The van der Waals surface area contributed by atoms with Crippen LogP contribution in [0.5, 0.6) is 0 Å². The third kappa shape index (κ3) is 5.99. The first kappa shape index (κ1) is 23.1. The molecule has 1 saturated heterocycles. The molecule has 10 nitrogen and oxygen atoms in total. The molecule has 1 aliphatic heterocycles. The monoisotopic (exact) mass is 467 g/mol. The average molecular weight is 468 g/mol. The quantitative estimate of drug-likeness (QED) is 0.531. The standard InChI is InChI=1S/C19H25N5O5S2/c1-19(2,3)16(26)21-17-22-23-18(30-17)31(27,28)24-14-9-5-4-8-13(14)15(25)20-11-12-7-6-10-29-12/h4-5,8-9,12,24H,6-7,10-11H2,1-3H3,(H,20,25)(H,21,22,26)/t12-/m0/s1. The summed E-state index contributed by atoms with van der Waals surface area (Å²) in [5.74, 6) is -0.724. The minimum Gasteiger partial charge on any atom is -0.376 e. The lowest BCUT2D eigenvalue weighted by Crippen LogP contribution is -2.32. The highest BCUT2D eigenvalue weighted by atomic mass is 32.2. The Kier molecular flexibility index (Phi) is 6.92. The number of nitrogens with one attached hydrogen (secondary N) is 3. The lowest BCUT2D eigenvalue weighted by Gasteiger charge is -2.15. The molecule has 0 saturated carbocycles. The first-order valence-electron chi connectivity index (χ1n) is 9.73. The minimum atomic E-state index is -4.11. The molecule has 168 valence electrons. The molecular weight excluding hydrogens is 442 g/mol. The number of carbonyl (C=O) groups is 2. The fourth-order valence-corrected chi connectivity index (χ4v) is 4.70. The highest BCUT2D eigenvalue weighted by Gasteiger charge is 2.26. The summed E-state index contributed by atoms with van der Waals surface area (Å²) in [4.78, 5) is 24.7. The van der Waals surface area contributed by atoms with Crippen LogP contribution in [0.2, 0.25) is 0 Å². The number of carbonyl (C=O) groups excluding carboxylic acids is 2. The van der Waals surface area contributed by atoms with Crippen LogP contribution in [0.3, 0.4) is 0 Å². The Morgan fingerprint density at radius 1 is 1.23 bits per heavy atom. The van der Waals surface area contributed by atoms with E-state index in [9.17, 15) is 18.0 Å². The third-order valence-corrected chi connectivity index (χ3v) is 7.04. The molecule has 3 N–H and O–H groups in total. The summed E-state index contributed by atoms with van der Waals surface area (Å²) >= 11 is 0.723. The Bertz CT molecular complexity index is 1060. The number of benzene rings is 1. The predicted molar refractivity (Wildman–Crippen MR) is 117 cm³/mol. The number of sulfonamides is 1. The van der Waals surface area contributed by atoms with E-state index in [0.717, 1.165) is 24.2 Å². The summed E-state index contributed by atoms with van der Waals surface area (Å²) in [6, 6.07) is 6.27. The van der Waals surface area contributed by atoms with Crippen LogP contribution in [0.4, 0.5) is 10.8 Å². The van der Waals surface area contributed by atoms with Gasteiger partial charge in [-0.25, -0.2) is 0 Å². The smallest absolute Gasteiger partial charge is 0.291 e. The number of ether oxygens (including phenoxy) is 1. The summed E-state index contributed by atoms with van der Waals surface area (Å²) in [5.41, 5.74) is -0.378. The largest absolute Gasteiger partial charge is 0.376 e. The van der Waals surface area contributed by atoms with Gasteiger partial charge in [0.15, 0.2) is 0 Å². The lowest BCUT2D eigenvalue weighted by molar-refractivity contribution is -0.123. The molecule has 1 fully saturated rings. The molecule has 0 spiro atoms. The van der Waals surface area contributed by atoms with Crippen molar-refractivity contribution in [2.24, 2.45) is 5.41 Å². The van der Waals surface area contributed by atoms with Gasteiger partial charge in [0.05, 0.1) is 17.4 Å². The van der Waals surface area contributed by atoms with Crippen molar-refractivity contribution in [3.63, 3.8) is 0 Å². The molecule has 1 aromatic heterocycles. The molecule has 12 heteroatoms. The summed E-state index contributed by atoms with van der Waals surface area (Å²) in [7, 11) is -4.11. The number of amides is 2. The Morgan fingerprint density at radius 3 is 2.65 bits per heavy atom. The van der Waals surface area contributed by atoms with E-state index < -0.39 is 21.3 Å². The summed E-state index contributed by atoms with van der Waals surface area (Å²) in [5, 5.41) is 12.8. The van der Waals surface area contributed by atoms with Crippen molar-refractivity contribution in [2.45, 2.75) is 44.1 Å². The molecule has 3 rings (SSSR count). The van der Waals surface area contributed by atoms with Gasteiger partial charge >= 0.3 is 0 Å². The van der Waals surface area contributed by atoms with Gasteiger partial charge in [-0.15, -0.1) is 10.2 Å². The highest BCUT2D eigenvalue weighted by Crippen LogP contribution is 2.26. The molecule has 1 atom stereocenters. The maximum atomic E-state index is 12.8. The summed E-state index contributed by atoms with van der Waals surface area (Å²) < 4.78 is 33.1. The van der Waals surface area contributed by atoms with Gasteiger partial charge in [0, 0.05) is 18.6 Å². The average Bonchev–Trinajstić information content (AvgIpc) is 3.38. The molecule has 1 aromatic carbocycles. The van der Waals surface area contributed by atoms with Gasteiger partial charge in [0.2, 0.25) is 11.0 Å². The van der Waals surface area contributed by atoms with Gasteiger partial charge in [-0.2, -0.15) is 8.42 Å². The van der Waals surface area contributed by atoms with Crippen LogP contribution >= 0.6 is 11.3 Å². The van der Waals surface area contributed by atoms with E-state index in [4.69, 9.17) is 4.74 Å². The molecule has 2 heterocycles. The van der Waals surface area contributed by atoms with E-state index in [1.54, 1.807) is 32.9 Å². The first-order valence-corrected chi connectivity index (χ1v) is 12.0. The second-order valence-corrected chi connectivity index (χ2v) is 10.9. The molecule has 0 unspecified atom stereocenters. The molecule has 1 aliphatic rings. The number of rotatable bonds is 7. The molecule has 0 radical (unpaired) electrons. The fourth-order valence-electron chi connectivity index (χ4n) is 2.72. The number of aromatic nitrogens is 2. The Labute approximate surface area is 184 Å². The first-order chi connectivity index (χ1) is 14.6. The van der Waals surface area contributed by atoms with Gasteiger partial charge in [-0.05, 0) is 25.0 Å². The maximum absolute atomic E-state index is 12.8. The molecule has 31 heavy (non-hydrogen) atoms. The Balaban J connectivity index is 1.72. The Hall–Kier alpha value is -2.57. The van der Waals surface area contributed by atoms with E-state index in [0.29, 0.717) is 13.2 Å². The Morgan fingerprint density at radius 2 is 1.97 bits per heavy atom. The van der Waals surface area contributed by atoms with Crippen LogP contribution in [0.15, 0.2) is 28.6 Å². The van der Waals surface area contributed by atoms with Crippen molar-refractivity contribution in [2.75, 3.05) is 23.2 Å². The van der Waals surface area contributed by atoms with Crippen LogP contribution < -0.4 is 15.4 Å². The molecular formula is C19H25N5O5S2. The number of hydrogen-bond donors (Lipinski definition) is 3. The number of anilines is 2. The zero-order valence-electron chi connectivity index (χ0n) is 17.5. The van der Waals surface area contributed by atoms with Crippen molar-refractivity contribution < 1.29 is 22.7 Å². The van der Waals surface area contributed by atoms with Gasteiger partial charge in [0.1, 0.15) is 0 Å². The van der Waals surface area contributed by atoms with Gasteiger partial charge in [0.25, 0.3) is 20.3 Å². The van der Waals surface area contributed by atoms with Crippen molar-refractivity contribution in [1.29, 1.82) is 0 Å². The van der Waals surface area contributed by atoms with Crippen LogP contribution in [0.25, 0.3) is 0 Å². The van der Waals surface area contributed by atoms with Crippen molar-refractivity contribution in [3.05, 3.63) is 29.8 Å². The SMILES string of the molecule is CC(C)(C)C(=O)Nc1nnc(S(=O)(=O)Nc2ccccc2C(=O)NC[C@@H]2CCCO2)s1. The van der Waals surface area contributed by atoms with E-state index in [-0.39, 0.29) is 32.7 Å². The zero-order valence-corrected chi connectivity index (χ0v) is 19.1. The summed E-state index contributed by atoms with van der Waals surface area (Å²) in [6.45, 7) is 6.21. The predicted octanol–water partition coefficient (Wildman–Crippen LogP) is 2.23. The van der Waals surface area contributed by atoms with Crippen LogP contribution in [0.1, 0.15) is 44.0 Å².